The highest BCUT2D eigenvalue weighted by Gasteiger charge is 2.16. The van der Waals surface area contributed by atoms with Crippen LogP contribution in [-0.2, 0) is 17.9 Å². The minimum absolute atomic E-state index is 0.194. The quantitative estimate of drug-likeness (QED) is 0.650. The molecular formula is C23H22N4O3. The van der Waals surface area contributed by atoms with Crippen molar-refractivity contribution >= 4 is 11.6 Å². The number of benzene rings is 2. The molecule has 1 aliphatic rings. The number of hydrogen-bond acceptors (Lipinski definition) is 5. The maximum absolute atomic E-state index is 12.6. The molecule has 0 radical (unpaired) electrons. The van der Waals surface area contributed by atoms with Crippen LogP contribution >= 0.6 is 0 Å². The van der Waals surface area contributed by atoms with Crippen LogP contribution in [0.1, 0.15) is 34.3 Å². The van der Waals surface area contributed by atoms with Crippen LogP contribution in [0.15, 0.2) is 60.9 Å². The van der Waals surface area contributed by atoms with Gasteiger partial charge in [0.15, 0.2) is 0 Å². The lowest BCUT2D eigenvalue weighted by molar-refractivity contribution is 0.0940. The second kappa shape index (κ2) is 9.25. The molecule has 1 saturated heterocycles. The van der Waals surface area contributed by atoms with E-state index >= 15 is 0 Å². The summed E-state index contributed by atoms with van der Waals surface area (Å²) in [5.74, 6) is 0.405. The number of aromatic nitrogens is 2. The molecule has 7 nitrogen and oxygen atoms in total. The van der Waals surface area contributed by atoms with Crippen LogP contribution in [0.3, 0.4) is 0 Å². The fourth-order valence-corrected chi connectivity index (χ4v) is 3.35. The van der Waals surface area contributed by atoms with Gasteiger partial charge in [-0.15, -0.1) is 0 Å². The highest BCUT2D eigenvalue weighted by Crippen LogP contribution is 2.17. The van der Waals surface area contributed by atoms with Gasteiger partial charge in [0.1, 0.15) is 12.4 Å². The van der Waals surface area contributed by atoms with Gasteiger partial charge >= 0.3 is 0 Å². The molecule has 1 fully saturated rings. The molecule has 2 heterocycles. The number of hydrogen-bond donors (Lipinski definition) is 1. The summed E-state index contributed by atoms with van der Waals surface area (Å²) in [7, 11) is 0. The van der Waals surface area contributed by atoms with Gasteiger partial charge in [0.2, 0.25) is 0 Å². The number of ether oxygens (including phenoxy) is 2. The molecule has 3 aromatic rings. The number of rotatable bonds is 7. The summed E-state index contributed by atoms with van der Waals surface area (Å²) in [5, 5.41) is 16.2. The highest BCUT2D eigenvalue weighted by molar-refractivity contribution is 6.04. The first-order valence-electron chi connectivity index (χ1n) is 9.87. The van der Waals surface area contributed by atoms with Crippen LogP contribution in [0.2, 0.25) is 0 Å². The first-order valence-corrected chi connectivity index (χ1v) is 9.87. The molecule has 1 atom stereocenters. The monoisotopic (exact) mass is 402 g/mol. The lowest BCUT2D eigenvalue weighted by Crippen LogP contribution is -2.15. The summed E-state index contributed by atoms with van der Waals surface area (Å²) in [6, 6.07) is 16.3. The molecule has 0 spiro atoms. The van der Waals surface area contributed by atoms with Gasteiger partial charge in [-0.25, -0.2) is 0 Å². The zero-order valence-electron chi connectivity index (χ0n) is 16.5. The summed E-state index contributed by atoms with van der Waals surface area (Å²) in [6.45, 7) is 1.80. The van der Waals surface area contributed by atoms with Crippen LogP contribution in [-0.4, -0.2) is 28.4 Å². The van der Waals surface area contributed by atoms with Crippen molar-refractivity contribution in [1.82, 2.24) is 9.78 Å². The first kappa shape index (κ1) is 19.7. The van der Waals surface area contributed by atoms with E-state index in [1.807, 2.05) is 18.3 Å². The number of nitrogens with one attached hydrogen (secondary N) is 1. The number of nitrogens with zero attached hydrogens (tertiary/aromatic N) is 3. The van der Waals surface area contributed by atoms with Gasteiger partial charge in [0.05, 0.1) is 36.2 Å². The van der Waals surface area contributed by atoms with Gasteiger partial charge in [-0.2, -0.15) is 10.4 Å². The molecule has 1 amide bonds. The van der Waals surface area contributed by atoms with E-state index in [2.05, 4.69) is 16.5 Å². The molecule has 1 aliphatic heterocycles. The van der Waals surface area contributed by atoms with Crippen molar-refractivity contribution in [3.8, 4) is 11.8 Å². The molecule has 0 aliphatic carbocycles. The summed E-state index contributed by atoms with van der Waals surface area (Å²) in [5.41, 5.74) is 2.58. The van der Waals surface area contributed by atoms with Crippen molar-refractivity contribution in [3.05, 3.63) is 77.6 Å². The number of nitriles is 1. The average Bonchev–Trinajstić information content (AvgIpc) is 3.45. The van der Waals surface area contributed by atoms with Crippen LogP contribution in [0.25, 0.3) is 0 Å². The minimum Gasteiger partial charge on any atom is -0.489 e. The Kier molecular flexibility index (Phi) is 6.06. The van der Waals surface area contributed by atoms with E-state index < -0.39 is 0 Å². The normalized spacial score (nSPS) is 15.5. The maximum atomic E-state index is 12.6. The number of amides is 1. The Morgan fingerprint density at radius 1 is 1.30 bits per heavy atom. The molecule has 2 aromatic carbocycles. The second-order valence-electron chi connectivity index (χ2n) is 7.17. The van der Waals surface area contributed by atoms with Crippen molar-refractivity contribution in [2.75, 3.05) is 11.9 Å². The topological polar surface area (TPSA) is 89.2 Å². The second-order valence-corrected chi connectivity index (χ2v) is 7.17. The van der Waals surface area contributed by atoms with E-state index in [1.165, 1.54) is 0 Å². The van der Waals surface area contributed by atoms with Gasteiger partial charge in [-0.05, 0) is 48.7 Å². The first-order chi connectivity index (χ1) is 14.7. The van der Waals surface area contributed by atoms with E-state index in [0.717, 1.165) is 25.0 Å². The predicted molar refractivity (Wildman–Crippen MR) is 111 cm³/mol. The predicted octanol–water partition coefficient (Wildman–Crippen LogP) is 3.77. The van der Waals surface area contributed by atoms with E-state index in [9.17, 15) is 4.79 Å². The Bertz CT molecular complexity index is 1060. The average molecular weight is 402 g/mol. The van der Waals surface area contributed by atoms with Gasteiger partial charge < -0.3 is 14.8 Å². The third-order valence-electron chi connectivity index (χ3n) is 4.86. The summed E-state index contributed by atoms with van der Waals surface area (Å²) >= 11 is 0. The Balaban J connectivity index is 1.35. The standard InChI is InChI=1S/C23H22N4O3/c24-12-17-4-2-7-21(11-17)30-16-18-5-1-6-19(10-18)23(28)26-20-13-25-27(14-20)15-22-8-3-9-29-22/h1-2,4-7,10-11,13-14,22H,3,8-9,15-16H2,(H,26,28). The Morgan fingerprint density at radius 3 is 3.03 bits per heavy atom. The number of carbonyl (C=O) groups excluding carboxylic acids is 1. The molecular weight excluding hydrogens is 380 g/mol. The zero-order valence-corrected chi connectivity index (χ0v) is 16.5. The largest absolute Gasteiger partial charge is 0.489 e. The molecule has 1 N–H and O–H groups in total. The third-order valence-corrected chi connectivity index (χ3v) is 4.86. The SMILES string of the molecule is N#Cc1cccc(OCc2cccc(C(=O)Nc3cnn(CC4CCCO4)c3)c2)c1. The Morgan fingerprint density at radius 2 is 2.20 bits per heavy atom. The lowest BCUT2D eigenvalue weighted by atomic mass is 10.1. The Labute approximate surface area is 174 Å². The van der Waals surface area contributed by atoms with Gasteiger partial charge in [0, 0.05) is 18.4 Å². The Hall–Kier alpha value is -3.63. The van der Waals surface area contributed by atoms with Crippen LogP contribution in [0.4, 0.5) is 5.69 Å². The molecule has 7 heteroatoms. The molecule has 1 aromatic heterocycles. The van der Waals surface area contributed by atoms with Crippen LogP contribution in [0.5, 0.6) is 5.75 Å². The van der Waals surface area contributed by atoms with Crippen molar-refractivity contribution in [3.63, 3.8) is 0 Å². The van der Waals surface area contributed by atoms with Crippen molar-refractivity contribution in [2.45, 2.75) is 32.1 Å². The maximum Gasteiger partial charge on any atom is 0.255 e. The molecule has 1 unspecified atom stereocenters. The fraction of sp³-hybridized carbons (Fsp3) is 0.261. The molecule has 0 bridgehead atoms. The van der Waals surface area contributed by atoms with E-state index in [0.29, 0.717) is 35.7 Å². The van der Waals surface area contributed by atoms with Gasteiger partial charge in [-0.1, -0.05) is 18.2 Å². The summed E-state index contributed by atoms with van der Waals surface area (Å²) in [4.78, 5) is 12.6. The van der Waals surface area contributed by atoms with Crippen molar-refractivity contribution < 1.29 is 14.3 Å². The molecule has 152 valence electrons. The third kappa shape index (κ3) is 5.04. The summed E-state index contributed by atoms with van der Waals surface area (Å²) in [6.07, 6.45) is 5.77. The number of anilines is 1. The molecule has 0 saturated carbocycles. The highest BCUT2D eigenvalue weighted by atomic mass is 16.5. The van der Waals surface area contributed by atoms with Gasteiger partial charge in [-0.3, -0.25) is 9.48 Å². The summed E-state index contributed by atoms with van der Waals surface area (Å²) < 4.78 is 13.2. The van der Waals surface area contributed by atoms with E-state index in [1.54, 1.807) is 47.3 Å². The van der Waals surface area contributed by atoms with Crippen LogP contribution in [0, 0.1) is 11.3 Å². The fourth-order valence-electron chi connectivity index (χ4n) is 3.35. The number of carbonyl (C=O) groups is 1. The molecule has 4 rings (SSSR count). The van der Waals surface area contributed by atoms with Crippen LogP contribution < -0.4 is 10.1 Å². The molecule has 30 heavy (non-hydrogen) atoms. The van der Waals surface area contributed by atoms with Crippen molar-refractivity contribution in [1.29, 1.82) is 5.26 Å². The smallest absolute Gasteiger partial charge is 0.255 e. The van der Waals surface area contributed by atoms with Crippen molar-refractivity contribution in [2.24, 2.45) is 0 Å². The zero-order chi connectivity index (χ0) is 20.8. The van der Waals surface area contributed by atoms with Gasteiger partial charge in [0.25, 0.3) is 5.91 Å². The minimum atomic E-state index is -0.208. The lowest BCUT2D eigenvalue weighted by Gasteiger charge is -2.09. The van der Waals surface area contributed by atoms with E-state index in [4.69, 9.17) is 14.7 Å². The van der Waals surface area contributed by atoms with E-state index in [-0.39, 0.29) is 12.0 Å².